The molecule has 3 heterocycles. The Morgan fingerprint density at radius 3 is 2.90 bits per heavy atom. The minimum Gasteiger partial charge on any atom is -0.369 e. The van der Waals surface area contributed by atoms with Crippen LogP contribution in [-0.4, -0.2) is 29.7 Å². The Hall–Kier alpha value is -1.76. The Kier molecular flexibility index (Phi) is 4.28. The quantitative estimate of drug-likeness (QED) is 0.913. The molecule has 0 spiro atoms. The summed E-state index contributed by atoms with van der Waals surface area (Å²) in [6.07, 6.45) is 2.73. The molecule has 2 N–H and O–H groups in total. The highest BCUT2D eigenvalue weighted by Gasteiger charge is 2.21. The zero-order valence-corrected chi connectivity index (χ0v) is 11.9. The Morgan fingerprint density at radius 2 is 2.24 bits per heavy atom. The maximum Gasteiger partial charge on any atom is 0.149 e. The average molecular weight is 309 g/mol. The molecule has 21 heavy (non-hydrogen) atoms. The maximum atomic E-state index is 14.1. The number of nitrogens with zero attached hydrogens (tertiary/aromatic N) is 2. The van der Waals surface area contributed by atoms with E-state index in [1.807, 2.05) is 0 Å². The molecule has 2 aromatic rings. The molecule has 0 aromatic carbocycles. The van der Waals surface area contributed by atoms with Gasteiger partial charge in [0.05, 0.1) is 23.5 Å². The third-order valence-corrected chi connectivity index (χ3v) is 3.33. The second kappa shape index (κ2) is 6.34. The Labute approximate surface area is 126 Å². The number of rotatable bonds is 3. The Morgan fingerprint density at radius 1 is 1.33 bits per heavy atom. The van der Waals surface area contributed by atoms with Crippen molar-refractivity contribution < 1.29 is 9.13 Å². The van der Waals surface area contributed by atoms with E-state index in [1.54, 1.807) is 18.3 Å². The molecule has 5 nitrogen and oxygen atoms in total. The lowest BCUT2D eigenvalue weighted by Crippen LogP contribution is -2.34. The van der Waals surface area contributed by atoms with Crippen LogP contribution in [0.5, 0.6) is 0 Å². The number of morpholine rings is 1. The van der Waals surface area contributed by atoms with Crippen LogP contribution in [-0.2, 0) is 4.74 Å². The number of halogens is 2. The number of aromatic nitrogens is 2. The summed E-state index contributed by atoms with van der Waals surface area (Å²) in [5.41, 5.74) is 0.839. The molecule has 1 atom stereocenters. The van der Waals surface area contributed by atoms with E-state index in [1.165, 1.54) is 12.3 Å². The minimum absolute atomic E-state index is 0.316. The molecule has 7 heteroatoms. The van der Waals surface area contributed by atoms with Gasteiger partial charge in [0.15, 0.2) is 0 Å². The van der Waals surface area contributed by atoms with E-state index < -0.39 is 5.82 Å². The van der Waals surface area contributed by atoms with Crippen molar-refractivity contribution in [2.75, 3.05) is 25.0 Å². The molecule has 0 bridgehead atoms. The Balaban J connectivity index is 1.75. The average Bonchev–Trinajstić information content (AvgIpc) is 2.51. The van der Waals surface area contributed by atoms with Gasteiger partial charge >= 0.3 is 0 Å². The standard InChI is InChI=1S/C14H14ClFN4O/c15-9-1-2-13(18-6-9)20-10-5-11(16)14(19-7-10)12-8-17-3-4-21-12/h1-2,5-7,12,17H,3-4,8H2,(H,18,20)/t12-/m0/s1. The highest BCUT2D eigenvalue weighted by Crippen LogP contribution is 2.23. The first kappa shape index (κ1) is 14.2. The molecule has 1 fully saturated rings. The molecule has 0 saturated carbocycles. The SMILES string of the molecule is Fc1cc(Nc2ccc(Cl)cn2)cnc1[C@@H]1CNCCO1. The van der Waals surface area contributed by atoms with Crippen molar-refractivity contribution in [3.05, 3.63) is 47.1 Å². The van der Waals surface area contributed by atoms with Crippen molar-refractivity contribution >= 4 is 23.1 Å². The lowest BCUT2D eigenvalue weighted by Gasteiger charge is -2.23. The van der Waals surface area contributed by atoms with Gasteiger partial charge in [-0.25, -0.2) is 9.37 Å². The zero-order valence-electron chi connectivity index (χ0n) is 11.1. The first-order valence-corrected chi connectivity index (χ1v) is 6.96. The second-order valence-corrected chi connectivity index (χ2v) is 5.08. The van der Waals surface area contributed by atoms with Gasteiger partial charge in [0, 0.05) is 25.4 Å². The Bertz CT molecular complexity index is 617. The van der Waals surface area contributed by atoms with Crippen molar-refractivity contribution in [1.82, 2.24) is 15.3 Å². The second-order valence-electron chi connectivity index (χ2n) is 4.64. The van der Waals surface area contributed by atoms with Crippen molar-refractivity contribution in [3.63, 3.8) is 0 Å². The van der Waals surface area contributed by atoms with E-state index in [-0.39, 0.29) is 6.10 Å². The monoisotopic (exact) mass is 308 g/mol. The van der Waals surface area contributed by atoms with Crippen LogP contribution in [0.15, 0.2) is 30.6 Å². The molecule has 0 amide bonds. The summed E-state index contributed by atoms with van der Waals surface area (Å²) in [7, 11) is 0. The molecule has 3 rings (SSSR count). The molecule has 0 radical (unpaired) electrons. The number of ether oxygens (including phenoxy) is 1. The summed E-state index contributed by atoms with van der Waals surface area (Å²) >= 11 is 5.76. The van der Waals surface area contributed by atoms with Crippen LogP contribution in [0.1, 0.15) is 11.8 Å². The van der Waals surface area contributed by atoms with Crippen molar-refractivity contribution in [2.24, 2.45) is 0 Å². The minimum atomic E-state index is -0.400. The first-order chi connectivity index (χ1) is 10.2. The van der Waals surface area contributed by atoms with Crippen LogP contribution >= 0.6 is 11.6 Å². The van der Waals surface area contributed by atoms with Gasteiger partial charge in [-0.1, -0.05) is 11.6 Å². The van der Waals surface area contributed by atoms with Crippen molar-refractivity contribution in [2.45, 2.75) is 6.10 Å². The lowest BCUT2D eigenvalue weighted by molar-refractivity contribution is 0.0227. The third kappa shape index (κ3) is 3.47. The number of hydrogen-bond acceptors (Lipinski definition) is 5. The van der Waals surface area contributed by atoms with Crippen LogP contribution in [0.3, 0.4) is 0 Å². The molecule has 0 aliphatic carbocycles. The molecule has 1 saturated heterocycles. The fraction of sp³-hybridized carbons (Fsp3) is 0.286. The summed E-state index contributed by atoms with van der Waals surface area (Å²) in [6.45, 7) is 1.90. The van der Waals surface area contributed by atoms with Crippen LogP contribution in [0.2, 0.25) is 5.02 Å². The molecule has 1 aliphatic rings. The van der Waals surface area contributed by atoms with Gasteiger partial charge in [0.25, 0.3) is 0 Å². The molecule has 0 unspecified atom stereocenters. The van der Waals surface area contributed by atoms with Crippen molar-refractivity contribution in [3.8, 4) is 0 Å². The van der Waals surface area contributed by atoms with Crippen molar-refractivity contribution in [1.29, 1.82) is 0 Å². The van der Waals surface area contributed by atoms with E-state index in [0.29, 0.717) is 35.4 Å². The normalized spacial score (nSPS) is 18.5. The number of anilines is 2. The first-order valence-electron chi connectivity index (χ1n) is 6.59. The summed E-state index contributed by atoms with van der Waals surface area (Å²) < 4.78 is 19.7. The summed E-state index contributed by atoms with van der Waals surface area (Å²) in [5, 5.41) is 6.67. The lowest BCUT2D eigenvalue weighted by atomic mass is 10.2. The summed E-state index contributed by atoms with van der Waals surface area (Å²) in [5.74, 6) is 0.173. The van der Waals surface area contributed by atoms with E-state index in [2.05, 4.69) is 20.6 Å². The van der Waals surface area contributed by atoms with Crippen LogP contribution in [0, 0.1) is 5.82 Å². The molecular formula is C14H14ClFN4O. The van der Waals surface area contributed by atoms with E-state index in [4.69, 9.17) is 16.3 Å². The molecule has 110 valence electrons. The summed E-state index contributed by atoms with van der Waals surface area (Å²) in [4.78, 5) is 8.25. The number of pyridine rings is 2. The van der Waals surface area contributed by atoms with E-state index in [9.17, 15) is 4.39 Å². The third-order valence-electron chi connectivity index (χ3n) is 3.10. The van der Waals surface area contributed by atoms with E-state index in [0.717, 1.165) is 6.54 Å². The van der Waals surface area contributed by atoms with Gasteiger partial charge in [-0.05, 0) is 12.1 Å². The summed E-state index contributed by atoms with van der Waals surface area (Å²) in [6, 6.07) is 4.80. The van der Waals surface area contributed by atoms with E-state index >= 15 is 0 Å². The highest BCUT2D eigenvalue weighted by molar-refractivity contribution is 6.30. The van der Waals surface area contributed by atoms with Crippen LogP contribution in [0.4, 0.5) is 15.9 Å². The van der Waals surface area contributed by atoms with Crippen LogP contribution < -0.4 is 10.6 Å². The predicted molar refractivity (Wildman–Crippen MR) is 78.3 cm³/mol. The maximum absolute atomic E-state index is 14.1. The van der Waals surface area contributed by atoms with Crippen LogP contribution in [0.25, 0.3) is 0 Å². The predicted octanol–water partition coefficient (Wildman–Crippen LogP) is 2.67. The van der Waals surface area contributed by atoms with Gasteiger partial charge in [-0.3, -0.25) is 4.98 Å². The smallest absolute Gasteiger partial charge is 0.149 e. The van der Waals surface area contributed by atoms with Gasteiger partial charge in [0.1, 0.15) is 23.4 Å². The topological polar surface area (TPSA) is 59.1 Å². The van der Waals surface area contributed by atoms with Gasteiger partial charge < -0.3 is 15.4 Å². The van der Waals surface area contributed by atoms with Gasteiger partial charge in [-0.2, -0.15) is 0 Å². The fourth-order valence-electron chi connectivity index (χ4n) is 2.09. The number of nitrogens with one attached hydrogen (secondary N) is 2. The molecule has 2 aromatic heterocycles. The molecule has 1 aliphatic heterocycles. The van der Waals surface area contributed by atoms with Gasteiger partial charge in [-0.15, -0.1) is 0 Å². The highest BCUT2D eigenvalue weighted by atomic mass is 35.5. The molecular weight excluding hydrogens is 295 g/mol. The van der Waals surface area contributed by atoms with Gasteiger partial charge in [0.2, 0.25) is 0 Å². The zero-order chi connectivity index (χ0) is 14.7. The number of hydrogen-bond donors (Lipinski definition) is 2. The fourth-order valence-corrected chi connectivity index (χ4v) is 2.20. The largest absolute Gasteiger partial charge is 0.369 e.